The largest absolute Gasteiger partial charge is 0.369 e. The van der Waals surface area contributed by atoms with Crippen LogP contribution in [-0.2, 0) is 9.59 Å². The van der Waals surface area contributed by atoms with Crippen LogP contribution in [0, 0.1) is 5.82 Å². The number of nitrogens with one attached hydrogen (secondary N) is 2. The maximum Gasteiger partial charge on any atom is 0.232 e. The van der Waals surface area contributed by atoms with Crippen LogP contribution in [0.15, 0.2) is 42.5 Å². The second kappa shape index (κ2) is 8.23. The molecule has 0 bridgehead atoms. The summed E-state index contributed by atoms with van der Waals surface area (Å²) >= 11 is 0. The number of para-hydroxylation sites is 1. The second-order valence-corrected chi connectivity index (χ2v) is 7.95. The van der Waals surface area contributed by atoms with Gasteiger partial charge in [-0.1, -0.05) is 37.5 Å². The predicted octanol–water partition coefficient (Wildman–Crippen LogP) is 4.66. The van der Waals surface area contributed by atoms with Crippen LogP contribution in [0.2, 0.25) is 0 Å². The molecule has 2 amide bonds. The van der Waals surface area contributed by atoms with Gasteiger partial charge < -0.3 is 15.5 Å². The molecule has 0 aromatic heterocycles. The highest BCUT2D eigenvalue weighted by molar-refractivity contribution is 6.05. The third kappa shape index (κ3) is 4.11. The summed E-state index contributed by atoms with van der Waals surface area (Å²) in [5.41, 5.74) is 2.38. The van der Waals surface area contributed by atoms with Crippen LogP contribution in [0.25, 0.3) is 0 Å². The number of rotatable bonds is 4. The van der Waals surface area contributed by atoms with Crippen molar-refractivity contribution in [2.75, 3.05) is 22.6 Å². The molecule has 6 heteroatoms. The minimum absolute atomic E-state index is 0.0772. The monoisotopic (exact) mass is 395 g/mol. The molecule has 4 rings (SSSR count). The summed E-state index contributed by atoms with van der Waals surface area (Å²) in [6.07, 6.45) is 5.85. The third-order valence-corrected chi connectivity index (χ3v) is 6.03. The number of carbonyl (C=O) groups excluding carboxylic acids is 2. The maximum atomic E-state index is 14.8. The van der Waals surface area contributed by atoms with E-state index in [0.717, 1.165) is 18.4 Å². The number of hydrogen-bond donors (Lipinski definition) is 2. The first-order valence-electron chi connectivity index (χ1n) is 10.2. The van der Waals surface area contributed by atoms with E-state index in [2.05, 4.69) is 10.6 Å². The van der Waals surface area contributed by atoms with Crippen molar-refractivity contribution in [1.29, 1.82) is 0 Å². The van der Waals surface area contributed by atoms with Crippen molar-refractivity contribution in [3.63, 3.8) is 0 Å². The summed E-state index contributed by atoms with van der Waals surface area (Å²) in [6, 6.07) is 12.4. The second-order valence-electron chi connectivity index (χ2n) is 7.95. The highest BCUT2D eigenvalue weighted by Crippen LogP contribution is 2.34. The van der Waals surface area contributed by atoms with Crippen LogP contribution in [-0.4, -0.2) is 24.9 Å². The topological polar surface area (TPSA) is 61.4 Å². The Morgan fingerprint density at radius 1 is 1.14 bits per heavy atom. The van der Waals surface area contributed by atoms with Gasteiger partial charge in [0.05, 0.1) is 11.6 Å². The van der Waals surface area contributed by atoms with Crippen molar-refractivity contribution in [2.24, 2.45) is 0 Å². The maximum absolute atomic E-state index is 14.8. The average Bonchev–Trinajstić information content (AvgIpc) is 2.73. The number of halogens is 1. The Balaban J connectivity index is 1.49. The summed E-state index contributed by atoms with van der Waals surface area (Å²) in [6.45, 7) is 0. The molecule has 1 unspecified atom stereocenters. The summed E-state index contributed by atoms with van der Waals surface area (Å²) in [5, 5.41) is 5.57. The first kappa shape index (κ1) is 19.4. The predicted molar refractivity (Wildman–Crippen MR) is 113 cm³/mol. The molecule has 0 saturated heterocycles. The lowest BCUT2D eigenvalue weighted by Crippen LogP contribution is -2.34. The van der Waals surface area contributed by atoms with E-state index < -0.39 is 5.92 Å². The Labute approximate surface area is 170 Å². The molecule has 2 aromatic rings. The molecule has 29 heavy (non-hydrogen) atoms. The van der Waals surface area contributed by atoms with Crippen molar-refractivity contribution < 1.29 is 14.0 Å². The Kier molecular flexibility index (Phi) is 5.51. The van der Waals surface area contributed by atoms with Gasteiger partial charge in [-0.3, -0.25) is 9.59 Å². The zero-order chi connectivity index (χ0) is 20.4. The Morgan fingerprint density at radius 3 is 2.66 bits per heavy atom. The fourth-order valence-corrected chi connectivity index (χ4v) is 4.41. The number of fused-ring (bicyclic) bond motifs is 1. The first-order chi connectivity index (χ1) is 14.0. The minimum atomic E-state index is -0.590. The molecule has 1 saturated carbocycles. The number of benzene rings is 2. The van der Waals surface area contributed by atoms with Crippen molar-refractivity contribution in [1.82, 2.24) is 0 Å². The standard InChI is InChI=1S/C23H26FN3O2/c1-27(16-7-3-2-4-8-16)21-12-11-15(13-19(21)24)25-23(29)18-14-22(28)26-20-10-6-5-9-17(18)20/h5-6,9-13,16,18H,2-4,7-8,14H2,1H3,(H,25,29)(H,26,28). The highest BCUT2D eigenvalue weighted by atomic mass is 19.1. The molecular weight excluding hydrogens is 369 g/mol. The third-order valence-electron chi connectivity index (χ3n) is 6.03. The molecule has 0 spiro atoms. The van der Waals surface area contributed by atoms with E-state index in [1.165, 1.54) is 25.3 Å². The van der Waals surface area contributed by atoms with Gasteiger partial charge in [-0.2, -0.15) is 0 Å². The number of carbonyl (C=O) groups is 2. The van der Waals surface area contributed by atoms with Crippen LogP contribution >= 0.6 is 0 Å². The summed E-state index contributed by atoms with van der Waals surface area (Å²) in [5.74, 6) is -1.44. The van der Waals surface area contributed by atoms with E-state index in [1.807, 2.05) is 30.1 Å². The van der Waals surface area contributed by atoms with Gasteiger partial charge >= 0.3 is 0 Å². The van der Waals surface area contributed by atoms with Gasteiger partial charge in [0.1, 0.15) is 5.82 Å². The van der Waals surface area contributed by atoms with E-state index in [-0.39, 0.29) is 24.1 Å². The van der Waals surface area contributed by atoms with Gasteiger partial charge in [0.2, 0.25) is 11.8 Å². The van der Waals surface area contributed by atoms with Gasteiger partial charge in [-0.05, 0) is 42.7 Å². The molecule has 5 nitrogen and oxygen atoms in total. The van der Waals surface area contributed by atoms with Crippen LogP contribution in [0.4, 0.5) is 21.5 Å². The van der Waals surface area contributed by atoms with Gasteiger partial charge in [0.25, 0.3) is 0 Å². The van der Waals surface area contributed by atoms with Crippen molar-refractivity contribution in [3.8, 4) is 0 Å². The zero-order valence-corrected chi connectivity index (χ0v) is 16.6. The molecule has 2 aliphatic rings. The fourth-order valence-electron chi connectivity index (χ4n) is 4.41. The van der Waals surface area contributed by atoms with E-state index in [0.29, 0.717) is 23.1 Å². The van der Waals surface area contributed by atoms with E-state index in [9.17, 15) is 14.0 Å². The normalized spacial score (nSPS) is 19.2. The summed E-state index contributed by atoms with van der Waals surface area (Å²) < 4.78 is 14.8. The molecule has 1 atom stereocenters. The SMILES string of the molecule is CN(c1ccc(NC(=O)C2CC(=O)Nc3ccccc32)cc1F)C1CCCCC1. The smallest absolute Gasteiger partial charge is 0.232 e. The summed E-state index contributed by atoms with van der Waals surface area (Å²) in [7, 11) is 1.93. The van der Waals surface area contributed by atoms with Crippen LogP contribution in [0.5, 0.6) is 0 Å². The lowest BCUT2D eigenvalue weighted by Gasteiger charge is -2.33. The van der Waals surface area contributed by atoms with Crippen molar-refractivity contribution in [2.45, 2.75) is 50.5 Å². The summed E-state index contributed by atoms with van der Waals surface area (Å²) in [4.78, 5) is 26.8. The van der Waals surface area contributed by atoms with Crippen LogP contribution < -0.4 is 15.5 Å². The molecule has 1 fully saturated rings. The highest BCUT2D eigenvalue weighted by Gasteiger charge is 2.30. The first-order valence-corrected chi connectivity index (χ1v) is 10.2. The molecule has 2 N–H and O–H groups in total. The van der Waals surface area contributed by atoms with Crippen molar-refractivity contribution >= 4 is 28.9 Å². The average molecular weight is 395 g/mol. The van der Waals surface area contributed by atoms with Crippen molar-refractivity contribution in [3.05, 3.63) is 53.8 Å². The van der Waals surface area contributed by atoms with Gasteiger partial charge in [-0.25, -0.2) is 4.39 Å². The van der Waals surface area contributed by atoms with Crippen LogP contribution in [0.3, 0.4) is 0 Å². The van der Waals surface area contributed by atoms with Gasteiger partial charge in [0.15, 0.2) is 0 Å². The number of hydrogen-bond acceptors (Lipinski definition) is 3. The molecule has 152 valence electrons. The Morgan fingerprint density at radius 2 is 1.90 bits per heavy atom. The number of nitrogens with zero attached hydrogens (tertiary/aromatic N) is 1. The molecular formula is C23H26FN3O2. The molecule has 1 aliphatic heterocycles. The van der Waals surface area contributed by atoms with Gasteiger partial charge in [-0.15, -0.1) is 0 Å². The Bertz CT molecular complexity index is 924. The van der Waals surface area contributed by atoms with Crippen LogP contribution in [0.1, 0.15) is 50.0 Å². The van der Waals surface area contributed by atoms with Gasteiger partial charge in [0, 0.05) is 30.9 Å². The Hall–Kier alpha value is -2.89. The number of anilines is 3. The lowest BCUT2D eigenvalue weighted by molar-refractivity contribution is -0.123. The minimum Gasteiger partial charge on any atom is -0.369 e. The molecule has 2 aromatic carbocycles. The lowest BCUT2D eigenvalue weighted by atomic mass is 9.90. The fraction of sp³-hybridized carbons (Fsp3) is 0.391. The quantitative estimate of drug-likeness (QED) is 0.792. The van der Waals surface area contributed by atoms with E-state index in [4.69, 9.17) is 0 Å². The molecule has 1 heterocycles. The van der Waals surface area contributed by atoms with E-state index >= 15 is 0 Å². The molecule has 1 aliphatic carbocycles. The van der Waals surface area contributed by atoms with E-state index in [1.54, 1.807) is 18.2 Å². The zero-order valence-electron chi connectivity index (χ0n) is 16.6. The number of amides is 2. The molecule has 0 radical (unpaired) electrons.